The highest BCUT2D eigenvalue weighted by atomic mass is 16.5. The number of phenols is 1. The molecule has 3 rings (SSSR count). The molecule has 0 atom stereocenters. The fourth-order valence-electron chi connectivity index (χ4n) is 2.35. The fourth-order valence-corrected chi connectivity index (χ4v) is 2.35. The van der Waals surface area contributed by atoms with Gasteiger partial charge in [0.15, 0.2) is 0 Å². The van der Waals surface area contributed by atoms with Gasteiger partial charge in [0.1, 0.15) is 11.6 Å². The molecule has 1 heterocycles. The number of ether oxygens (including phenoxy) is 1. The molecule has 0 saturated carbocycles. The molecular formula is C16H16N2O2. The van der Waals surface area contributed by atoms with Crippen molar-refractivity contribution in [2.75, 3.05) is 13.7 Å². The molecule has 2 aromatic carbocycles. The summed E-state index contributed by atoms with van der Waals surface area (Å²) in [7, 11) is 1.69. The van der Waals surface area contributed by atoms with Crippen LogP contribution in [0.4, 0.5) is 0 Å². The second kappa shape index (κ2) is 5.35. The van der Waals surface area contributed by atoms with Gasteiger partial charge in [0, 0.05) is 19.2 Å². The molecule has 0 aliphatic rings. The van der Waals surface area contributed by atoms with Gasteiger partial charge in [-0.25, -0.2) is 4.98 Å². The van der Waals surface area contributed by atoms with Crippen LogP contribution < -0.4 is 0 Å². The number of hydrogen-bond donors (Lipinski definition) is 1. The van der Waals surface area contributed by atoms with Gasteiger partial charge in [-0.2, -0.15) is 0 Å². The van der Waals surface area contributed by atoms with Crippen LogP contribution in [0.1, 0.15) is 0 Å². The van der Waals surface area contributed by atoms with Gasteiger partial charge < -0.3 is 14.4 Å². The Bertz CT molecular complexity index is 734. The number of phenolic OH excluding ortho intramolecular Hbond substituents is 1. The normalized spacial score (nSPS) is 11.1. The number of rotatable bonds is 4. The van der Waals surface area contributed by atoms with E-state index in [4.69, 9.17) is 4.74 Å². The number of imidazole rings is 1. The maximum Gasteiger partial charge on any atom is 0.141 e. The Hall–Kier alpha value is -2.33. The molecule has 0 aliphatic heterocycles. The van der Waals surface area contributed by atoms with Gasteiger partial charge in [0.2, 0.25) is 0 Å². The predicted octanol–water partition coefficient (Wildman–Crippen LogP) is 3.06. The zero-order valence-electron chi connectivity index (χ0n) is 11.3. The molecule has 0 saturated heterocycles. The Labute approximate surface area is 117 Å². The van der Waals surface area contributed by atoms with Gasteiger partial charge in [0.05, 0.1) is 17.6 Å². The summed E-state index contributed by atoms with van der Waals surface area (Å²) in [5.74, 6) is 1.09. The highest BCUT2D eigenvalue weighted by Gasteiger charge is 2.12. The van der Waals surface area contributed by atoms with E-state index >= 15 is 0 Å². The van der Waals surface area contributed by atoms with Crippen LogP contribution in [-0.2, 0) is 11.3 Å². The molecule has 102 valence electrons. The minimum atomic E-state index is 0.243. The van der Waals surface area contributed by atoms with E-state index in [9.17, 15) is 5.11 Å². The predicted molar refractivity (Wildman–Crippen MR) is 78.7 cm³/mol. The molecule has 0 aliphatic carbocycles. The summed E-state index contributed by atoms with van der Waals surface area (Å²) >= 11 is 0. The van der Waals surface area contributed by atoms with Crippen LogP contribution >= 0.6 is 0 Å². The minimum absolute atomic E-state index is 0.243. The van der Waals surface area contributed by atoms with Gasteiger partial charge in [-0.1, -0.05) is 24.3 Å². The van der Waals surface area contributed by atoms with E-state index < -0.39 is 0 Å². The van der Waals surface area contributed by atoms with Crippen LogP contribution in [0, 0.1) is 0 Å². The zero-order valence-corrected chi connectivity index (χ0v) is 11.3. The lowest BCUT2D eigenvalue weighted by molar-refractivity contribution is 0.188. The number of aromatic nitrogens is 2. The Kier molecular flexibility index (Phi) is 3.39. The summed E-state index contributed by atoms with van der Waals surface area (Å²) in [6.45, 7) is 1.34. The third kappa shape index (κ3) is 2.26. The summed E-state index contributed by atoms with van der Waals surface area (Å²) in [5, 5.41) is 9.65. The Morgan fingerprint density at radius 2 is 2.00 bits per heavy atom. The molecule has 4 nitrogen and oxygen atoms in total. The maximum absolute atomic E-state index is 9.65. The van der Waals surface area contributed by atoms with Crippen molar-refractivity contribution < 1.29 is 9.84 Å². The number of benzene rings is 2. The molecule has 0 spiro atoms. The smallest absolute Gasteiger partial charge is 0.141 e. The first-order valence-electron chi connectivity index (χ1n) is 6.53. The molecule has 20 heavy (non-hydrogen) atoms. The highest BCUT2D eigenvalue weighted by Crippen LogP contribution is 2.26. The van der Waals surface area contributed by atoms with E-state index in [0.29, 0.717) is 6.61 Å². The van der Waals surface area contributed by atoms with E-state index in [1.807, 2.05) is 36.4 Å². The number of fused-ring (bicyclic) bond motifs is 1. The van der Waals surface area contributed by atoms with Crippen LogP contribution in [0.15, 0.2) is 48.5 Å². The lowest BCUT2D eigenvalue weighted by Crippen LogP contribution is -2.05. The molecule has 0 bridgehead atoms. The van der Waals surface area contributed by atoms with Gasteiger partial charge in [-0.05, 0) is 24.3 Å². The second-order valence-corrected chi connectivity index (χ2v) is 4.62. The van der Waals surface area contributed by atoms with Crippen LogP contribution in [0.2, 0.25) is 0 Å². The summed E-state index contributed by atoms with van der Waals surface area (Å²) in [6.07, 6.45) is 0. The highest BCUT2D eigenvalue weighted by molar-refractivity contribution is 5.80. The summed E-state index contributed by atoms with van der Waals surface area (Å²) < 4.78 is 7.30. The van der Waals surface area contributed by atoms with Crippen molar-refractivity contribution in [3.05, 3.63) is 48.5 Å². The van der Waals surface area contributed by atoms with Crippen molar-refractivity contribution in [3.63, 3.8) is 0 Å². The standard InChI is InChI=1S/C16H16N2O2/c1-20-10-9-18-15-8-3-2-7-14(15)17-16(18)12-5-4-6-13(19)11-12/h2-8,11,19H,9-10H2,1H3. The molecule has 0 amide bonds. The second-order valence-electron chi connectivity index (χ2n) is 4.62. The molecule has 0 radical (unpaired) electrons. The number of para-hydroxylation sites is 2. The zero-order chi connectivity index (χ0) is 13.9. The van der Waals surface area contributed by atoms with Crippen molar-refractivity contribution in [2.45, 2.75) is 6.54 Å². The summed E-state index contributed by atoms with van der Waals surface area (Å²) in [4.78, 5) is 4.67. The first kappa shape index (κ1) is 12.7. The average molecular weight is 268 g/mol. The van der Waals surface area contributed by atoms with Gasteiger partial charge in [0.25, 0.3) is 0 Å². The number of methoxy groups -OCH3 is 1. The lowest BCUT2D eigenvalue weighted by atomic mass is 10.2. The van der Waals surface area contributed by atoms with Gasteiger partial charge in [-0.15, -0.1) is 0 Å². The molecule has 1 N–H and O–H groups in total. The monoisotopic (exact) mass is 268 g/mol. The number of hydrogen-bond acceptors (Lipinski definition) is 3. The van der Waals surface area contributed by atoms with E-state index in [1.54, 1.807) is 19.2 Å². The quantitative estimate of drug-likeness (QED) is 0.791. The fraction of sp³-hybridized carbons (Fsp3) is 0.188. The van der Waals surface area contributed by atoms with Crippen molar-refractivity contribution in [2.24, 2.45) is 0 Å². The van der Waals surface area contributed by atoms with Crippen molar-refractivity contribution in [3.8, 4) is 17.1 Å². The van der Waals surface area contributed by atoms with Crippen LogP contribution in [0.25, 0.3) is 22.4 Å². The SMILES string of the molecule is COCCn1c(-c2cccc(O)c2)nc2ccccc21. The molecular weight excluding hydrogens is 252 g/mol. The summed E-state index contributed by atoms with van der Waals surface area (Å²) in [5.41, 5.74) is 2.92. The van der Waals surface area contributed by atoms with Crippen LogP contribution in [0.3, 0.4) is 0 Å². The van der Waals surface area contributed by atoms with E-state index in [0.717, 1.165) is 29.0 Å². The number of nitrogens with zero attached hydrogens (tertiary/aromatic N) is 2. The summed E-state index contributed by atoms with van der Waals surface area (Å²) in [6, 6.07) is 15.2. The van der Waals surface area contributed by atoms with E-state index in [-0.39, 0.29) is 5.75 Å². The van der Waals surface area contributed by atoms with Crippen LogP contribution in [-0.4, -0.2) is 28.4 Å². The van der Waals surface area contributed by atoms with E-state index in [1.165, 1.54) is 0 Å². The third-order valence-electron chi connectivity index (χ3n) is 3.28. The first-order chi connectivity index (χ1) is 9.79. The topological polar surface area (TPSA) is 47.3 Å². The first-order valence-corrected chi connectivity index (χ1v) is 6.53. The Morgan fingerprint density at radius 3 is 2.80 bits per heavy atom. The minimum Gasteiger partial charge on any atom is -0.508 e. The number of aromatic hydroxyl groups is 1. The lowest BCUT2D eigenvalue weighted by Gasteiger charge is -2.08. The van der Waals surface area contributed by atoms with Crippen molar-refractivity contribution >= 4 is 11.0 Å². The van der Waals surface area contributed by atoms with Gasteiger partial charge in [-0.3, -0.25) is 0 Å². The molecule has 1 aromatic heterocycles. The molecule has 0 unspecified atom stereocenters. The van der Waals surface area contributed by atoms with Crippen molar-refractivity contribution in [1.82, 2.24) is 9.55 Å². The Balaban J connectivity index is 2.18. The Morgan fingerprint density at radius 1 is 1.15 bits per heavy atom. The van der Waals surface area contributed by atoms with Crippen LogP contribution in [0.5, 0.6) is 5.75 Å². The van der Waals surface area contributed by atoms with Crippen molar-refractivity contribution in [1.29, 1.82) is 0 Å². The molecule has 0 fully saturated rings. The largest absolute Gasteiger partial charge is 0.508 e. The molecule has 4 heteroatoms. The van der Waals surface area contributed by atoms with E-state index in [2.05, 4.69) is 9.55 Å². The maximum atomic E-state index is 9.65. The third-order valence-corrected chi connectivity index (χ3v) is 3.28. The average Bonchev–Trinajstić information content (AvgIpc) is 2.84. The van der Waals surface area contributed by atoms with Gasteiger partial charge >= 0.3 is 0 Å². The molecule has 3 aromatic rings.